The lowest BCUT2D eigenvalue weighted by Gasteiger charge is -2.19. The van der Waals surface area contributed by atoms with Crippen molar-refractivity contribution in [3.63, 3.8) is 0 Å². The molecular weight excluding hydrogens is 136 g/mol. The van der Waals surface area contributed by atoms with Gasteiger partial charge in [-0.25, -0.2) is 0 Å². The van der Waals surface area contributed by atoms with E-state index in [9.17, 15) is 4.79 Å². The largest absolute Gasteiger partial charge is 0.298 e. The molecule has 1 saturated carbocycles. The molecule has 0 heterocycles. The van der Waals surface area contributed by atoms with Crippen LogP contribution in [0.1, 0.15) is 26.2 Å². The zero-order valence-electron chi connectivity index (χ0n) is 5.56. The molecule has 9 heavy (non-hydrogen) atoms. The molecular formula is C7H11ClO. The maximum atomic E-state index is 10.9. The first-order chi connectivity index (χ1) is 4.20. The summed E-state index contributed by atoms with van der Waals surface area (Å²) in [5.74, 6) is 0.794. The van der Waals surface area contributed by atoms with Gasteiger partial charge in [0.2, 0.25) is 0 Å². The van der Waals surface area contributed by atoms with Crippen LogP contribution < -0.4 is 0 Å². The minimum atomic E-state index is -0.179. The highest BCUT2D eigenvalue weighted by molar-refractivity contribution is 6.31. The third kappa shape index (κ3) is 1.68. The van der Waals surface area contributed by atoms with Crippen LogP contribution in [0, 0.1) is 5.92 Å². The van der Waals surface area contributed by atoms with Gasteiger partial charge in [0, 0.05) is 6.42 Å². The zero-order chi connectivity index (χ0) is 6.85. The van der Waals surface area contributed by atoms with Gasteiger partial charge in [0.25, 0.3) is 0 Å². The van der Waals surface area contributed by atoms with Crippen molar-refractivity contribution in [3.05, 3.63) is 0 Å². The van der Waals surface area contributed by atoms with Gasteiger partial charge in [-0.15, -0.1) is 11.6 Å². The van der Waals surface area contributed by atoms with Crippen molar-refractivity contribution in [2.45, 2.75) is 31.6 Å². The number of Topliss-reactive ketones (excluding diaryl/α,β-unsaturated/α-hetero) is 1. The van der Waals surface area contributed by atoms with E-state index in [1.807, 2.05) is 0 Å². The third-order valence-corrected chi connectivity index (χ3v) is 2.27. The molecule has 0 bridgehead atoms. The summed E-state index contributed by atoms with van der Waals surface area (Å²) in [6, 6.07) is 0. The van der Waals surface area contributed by atoms with Crippen LogP contribution in [0.5, 0.6) is 0 Å². The first kappa shape index (κ1) is 7.07. The first-order valence-corrected chi connectivity index (χ1v) is 3.80. The summed E-state index contributed by atoms with van der Waals surface area (Å²) in [5.41, 5.74) is 0. The molecule has 1 rings (SSSR count). The second-order valence-electron chi connectivity index (χ2n) is 2.82. The summed E-state index contributed by atoms with van der Waals surface area (Å²) in [7, 11) is 0. The second kappa shape index (κ2) is 2.70. The highest BCUT2D eigenvalue weighted by Gasteiger charge is 2.23. The quantitative estimate of drug-likeness (QED) is 0.478. The van der Waals surface area contributed by atoms with E-state index < -0.39 is 0 Å². The number of alkyl halides is 1. The van der Waals surface area contributed by atoms with E-state index in [1.165, 1.54) is 0 Å². The van der Waals surface area contributed by atoms with Gasteiger partial charge in [-0.05, 0) is 18.8 Å². The van der Waals surface area contributed by atoms with Crippen molar-refractivity contribution in [3.8, 4) is 0 Å². The highest BCUT2D eigenvalue weighted by Crippen LogP contribution is 2.23. The van der Waals surface area contributed by atoms with Gasteiger partial charge in [-0.1, -0.05) is 6.92 Å². The smallest absolute Gasteiger partial charge is 0.150 e. The number of hydrogen-bond acceptors (Lipinski definition) is 1. The van der Waals surface area contributed by atoms with Crippen LogP contribution in [-0.4, -0.2) is 11.2 Å². The Labute approximate surface area is 60.4 Å². The molecule has 0 aromatic carbocycles. The SMILES string of the molecule is C[C@H]1CC[C@H](Cl)C(=O)C1. The summed E-state index contributed by atoms with van der Waals surface area (Å²) in [6.45, 7) is 2.10. The third-order valence-electron chi connectivity index (χ3n) is 1.81. The van der Waals surface area contributed by atoms with Crippen LogP contribution in [0.2, 0.25) is 0 Å². The van der Waals surface area contributed by atoms with Crippen molar-refractivity contribution in [2.75, 3.05) is 0 Å². The fraction of sp³-hybridized carbons (Fsp3) is 0.857. The molecule has 0 radical (unpaired) electrons. The summed E-state index contributed by atoms with van der Waals surface area (Å²) in [6.07, 6.45) is 2.68. The summed E-state index contributed by atoms with van der Waals surface area (Å²) < 4.78 is 0. The average molecular weight is 147 g/mol. The molecule has 0 saturated heterocycles. The Balaban J connectivity index is 2.44. The van der Waals surface area contributed by atoms with E-state index in [0.29, 0.717) is 12.3 Å². The molecule has 1 aliphatic carbocycles. The molecule has 0 aromatic heterocycles. The van der Waals surface area contributed by atoms with Crippen LogP contribution >= 0.6 is 11.6 Å². The van der Waals surface area contributed by atoms with Crippen LogP contribution in [0.15, 0.2) is 0 Å². The van der Waals surface area contributed by atoms with E-state index in [4.69, 9.17) is 11.6 Å². The minimum absolute atomic E-state index is 0.179. The van der Waals surface area contributed by atoms with Crippen molar-refractivity contribution in [1.82, 2.24) is 0 Å². The van der Waals surface area contributed by atoms with Crippen molar-refractivity contribution >= 4 is 17.4 Å². The molecule has 0 unspecified atom stereocenters. The van der Waals surface area contributed by atoms with Gasteiger partial charge in [-0.3, -0.25) is 4.79 Å². The lowest BCUT2D eigenvalue weighted by molar-refractivity contribution is -0.120. The molecule has 2 atom stereocenters. The topological polar surface area (TPSA) is 17.1 Å². The fourth-order valence-corrected chi connectivity index (χ4v) is 1.38. The molecule has 0 N–H and O–H groups in total. The lowest BCUT2D eigenvalue weighted by Crippen LogP contribution is -2.23. The number of carbonyl (C=O) groups excluding carboxylic acids is 1. The molecule has 0 amide bonds. The normalized spacial score (nSPS) is 36.9. The Hall–Kier alpha value is -0.0400. The zero-order valence-corrected chi connectivity index (χ0v) is 6.32. The van der Waals surface area contributed by atoms with Gasteiger partial charge in [0.15, 0.2) is 5.78 Å². The molecule has 1 aliphatic rings. The predicted molar refractivity (Wildman–Crippen MR) is 37.7 cm³/mol. The van der Waals surface area contributed by atoms with Crippen molar-refractivity contribution in [1.29, 1.82) is 0 Å². The Bertz CT molecular complexity index is 122. The van der Waals surface area contributed by atoms with E-state index in [-0.39, 0.29) is 11.2 Å². The summed E-state index contributed by atoms with van der Waals surface area (Å²) in [5, 5.41) is -0.179. The Kier molecular flexibility index (Phi) is 2.12. The van der Waals surface area contributed by atoms with E-state index in [2.05, 4.69) is 6.92 Å². The number of carbonyl (C=O) groups is 1. The Morgan fingerprint density at radius 1 is 1.56 bits per heavy atom. The van der Waals surface area contributed by atoms with Crippen LogP contribution in [0.3, 0.4) is 0 Å². The molecule has 0 aliphatic heterocycles. The van der Waals surface area contributed by atoms with Crippen LogP contribution in [0.4, 0.5) is 0 Å². The monoisotopic (exact) mass is 146 g/mol. The van der Waals surface area contributed by atoms with Gasteiger partial charge in [0.1, 0.15) is 0 Å². The molecule has 0 aromatic rings. The molecule has 1 fully saturated rings. The standard InChI is InChI=1S/C7H11ClO/c1-5-2-3-6(8)7(9)4-5/h5-6H,2-4H2,1H3/t5-,6-/m0/s1. The lowest BCUT2D eigenvalue weighted by atomic mass is 9.90. The number of rotatable bonds is 0. The Morgan fingerprint density at radius 3 is 2.67 bits per heavy atom. The number of ketones is 1. The van der Waals surface area contributed by atoms with Crippen molar-refractivity contribution < 1.29 is 4.79 Å². The second-order valence-corrected chi connectivity index (χ2v) is 3.35. The van der Waals surface area contributed by atoms with Crippen LogP contribution in [-0.2, 0) is 4.79 Å². The van der Waals surface area contributed by atoms with Gasteiger partial charge >= 0.3 is 0 Å². The average Bonchev–Trinajstić information content (AvgIpc) is 1.80. The Morgan fingerprint density at radius 2 is 2.22 bits per heavy atom. The minimum Gasteiger partial charge on any atom is -0.298 e. The molecule has 1 nitrogen and oxygen atoms in total. The maximum Gasteiger partial charge on any atom is 0.150 e. The summed E-state index contributed by atoms with van der Waals surface area (Å²) in [4.78, 5) is 10.9. The van der Waals surface area contributed by atoms with E-state index >= 15 is 0 Å². The maximum absolute atomic E-state index is 10.9. The van der Waals surface area contributed by atoms with Crippen molar-refractivity contribution in [2.24, 2.45) is 5.92 Å². The number of hydrogen-bond donors (Lipinski definition) is 0. The van der Waals surface area contributed by atoms with Gasteiger partial charge < -0.3 is 0 Å². The fourth-order valence-electron chi connectivity index (χ4n) is 1.17. The predicted octanol–water partition coefficient (Wildman–Crippen LogP) is 1.98. The number of halogens is 1. The molecule has 0 spiro atoms. The first-order valence-electron chi connectivity index (χ1n) is 3.37. The van der Waals surface area contributed by atoms with Crippen LogP contribution in [0.25, 0.3) is 0 Å². The molecule has 2 heteroatoms. The molecule has 52 valence electrons. The van der Waals surface area contributed by atoms with Gasteiger partial charge in [0.05, 0.1) is 5.38 Å². The van der Waals surface area contributed by atoms with E-state index in [1.54, 1.807) is 0 Å². The van der Waals surface area contributed by atoms with Gasteiger partial charge in [-0.2, -0.15) is 0 Å². The summed E-state index contributed by atoms with van der Waals surface area (Å²) >= 11 is 5.68. The highest BCUT2D eigenvalue weighted by atomic mass is 35.5. The van der Waals surface area contributed by atoms with E-state index in [0.717, 1.165) is 12.8 Å².